The molecule has 6 nitrogen and oxygen atoms in total. The Kier molecular flexibility index (Phi) is 5.82. The van der Waals surface area contributed by atoms with Gasteiger partial charge in [0.05, 0.1) is 30.9 Å². The fraction of sp³-hybridized carbons (Fsp3) is 0.304. The molecule has 0 saturated carbocycles. The first-order valence-electron chi connectivity index (χ1n) is 10.0. The molecule has 1 aliphatic rings. The van der Waals surface area contributed by atoms with E-state index in [4.69, 9.17) is 9.47 Å². The van der Waals surface area contributed by atoms with E-state index in [1.807, 2.05) is 0 Å². The highest BCUT2D eigenvalue weighted by molar-refractivity contribution is 5.97. The normalized spacial score (nSPS) is 14.5. The van der Waals surface area contributed by atoms with Crippen molar-refractivity contribution in [3.63, 3.8) is 0 Å². The number of methoxy groups -OCH3 is 2. The van der Waals surface area contributed by atoms with Gasteiger partial charge in [0.2, 0.25) is 0 Å². The van der Waals surface area contributed by atoms with E-state index in [-0.39, 0.29) is 5.91 Å². The summed E-state index contributed by atoms with van der Waals surface area (Å²) in [6.07, 6.45) is -2.90. The van der Waals surface area contributed by atoms with E-state index in [1.165, 1.54) is 19.4 Å². The number of piperazine rings is 1. The molecule has 1 saturated heterocycles. The van der Waals surface area contributed by atoms with Crippen LogP contribution in [0.2, 0.25) is 0 Å². The van der Waals surface area contributed by atoms with Crippen molar-refractivity contribution in [3.8, 4) is 11.5 Å². The lowest BCUT2D eigenvalue weighted by Gasteiger charge is -2.36. The third-order valence-corrected chi connectivity index (χ3v) is 5.59. The smallest absolute Gasteiger partial charge is 0.416 e. The topological polar surface area (TPSA) is 54.9 Å². The summed E-state index contributed by atoms with van der Waals surface area (Å²) >= 11 is 0. The van der Waals surface area contributed by atoms with E-state index in [2.05, 4.69) is 9.88 Å². The van der Waals surface area contributed by atoms with Gasteiger partial charge in [-0.1, -0.05) is 6.07 Å². The summed E-state index contributed by atoms with van der Waals surface area (Å²) in [7, 11) is 3.05. The first kappa shape index (κ1) is 21.7. The van der Waals surface area contributed by atoms with Gasteiger partial charge in [0.15, 0.2) is 0 Å². The van der Waals surface area contributed by atoms with Gasteiger partial charge in [-0.05, 0) is 30.3 Å². The Morgan fingerprint density at radius 2 is 1.72 bits per heavy atom. The van der Waals surface area contributed by atoms with Crippen LogP contribution < -0.4 is 14.4 Å². The molecule has 0 spiro atoms. The van der Waals surface area contributed by atoms with Crippen LogP contribution in [0.4, 0.5) is 18.9 Å². The monoisotopic (exact) mass is 445 g/mol. The summed E-state index contributed by atoms with van der Waals surface area (Å²) in [4.78, 5) is 21.0. The van der Waals surface area contributed by atoms with E-state index in [1.54, 1.807) is 36.3 Å². The van der Waals surface area contributed by atoms with Gasteiger partial charge in [-0.3, -0.25) is 9.78 Å². The molecule has 1 fully saturated rings. The van der Waals surface area contributed by atoms with Crippen LogP contribution in [0.25, 0.3) is 10.9 Å². The van der Waals surface area contributed by atoms with Crippen molar-refractivity contribution in [1.82, 2.24) is 9.88 Å². The molecule has 0 bridgehead atoms. The van der Waals surface area contributed by atoms with Crippen LogP contribution in [0, 0.1) is 0 Å². The van der Waals surface area contributed by atoms with Crippen LogP contribution >= 0.6 is 0 Å². The van der Waals surface area contributed by atoms with Gasteiger partial charge in [0.25, 0.3) is 5.91 Å². The number of hydrogen-bond acceptors (Lipinski definition) is 5. The Morgan fingerprint density at radius 1 is 0.969 bits per heavy atom. The zero-order valence-corrected chi connectivity index (χ0v) is 17.6. The molecule has 0 radical (unpaired) electrons. The quantitative estimate of drug-likeness (QED) is 0.602. The molecular formula is C23H22F3N3O3. The number of halogens is 3. The lowest BCUT2D eigenvalue weighted by molar-refractivity contribution is -0.137. The highest BCUT2D eigenvalue weighted by Gasteiger charge is 2.31. The molecule has 1 amide bonds. The Bertz CT molecular complexity index is 1140. The minimum atomic E-state index is -4.42. The van der Waals surface area contributed by atoms with Crippen LogP contribution in [-0.4, -0.2) is 56.2 Å². The Balaban J connectivity index is 1.52. The SMILES string of the molecule is COc1ccc(C(=O)N2CCN(c3ccnc4cc(C(F)(F)F)ccc34)CC2)c(OC)c1. The van der Waals surface area contributed by atoms with Crippen LogP contribution in [-0.2, 0) is 6.18 Å². The van der Waals surface area contributed by atoms with Crippen molar-refractivity contribution >= 4 is 22.5 Å². The number of benzene rings is 2. The lowest BCUT2D eigenvalue weighted by atomic mass is 10.1. The predicted octanol–water partition coefficient (Wildman–Crippen LogP) is 4.23. The number of pyridine rings is 1. The van der Waals surface area contributed by atoms with Crippen molar-refractivity contribution in [2.45, 2.75) is 6.18 Å². The summed E-state index contributed by atoms with van der Waals surface area (Å²) in [6, 6.07) is 10.4. The predicted molar refractivity (Wildman–Crippen MR) is 114 cm³/mol. The molecule has 2 aromatic carbocycles. The van der Waals surface area contributed by atoms with Crippen LogP contribution in [0.1, 0.15) is 15.9 Å². The Labute approximate surface area is 183 Å². The average Bonchev–Trinajstić information content (AvgIpc) is 2.82. The maximum absolute atomic E-state index is 13.0. The molecule has 3 aromatic rings. The number of aromatic nitrogens is 1. The van der Waals surface area contributed by atoms with Crippen molar-refractivity contribution in [1.29, 1.82) is 0 Å². The van der Waals surface area contributed by atoms with Crippen LogP contribution in [0.15, 0.2) is 48.7 Å². The van der Waals surface area contributed by atoms with Gasteiger partial charge < -0.3 is 19.3 Å². The molecule has 0 aliphatic carbocycles. The van der Waals surface area contributed by atoms with Gasteiger partial charge in [0, 0.05) is 49.5 Å². The number of amides is 1. The van der Waals surface area contributed by atoms with E-state index < -0.39 is 11.7 Å². The maximum Gasteiger partial charge on any atom is 0.416 e. The number of ether oxygens (including phenoxy) is 2. The number of fused-ring (bicyclic) bond motifs is 1. The molecule has 168 valence electrons. The summed E-state index contributed by atoms with van der Waals surface area (Å²) < 4.78 is 49.6. The number of hydrogen-bond donors (Lipinski definition) is 0. The molecule has 0 atom stereocenters. The zero-order valence-electron chi connectivity index (χ0n) is 17.6. The minimum Gasteiger partial charge on any atom is -0.497 e. The summed E-state index contributed by atoms with van der Waals surface area (Å²) in [5, 5.41) is 0.650. The maximum atomic E-state index is 13.0. The fourth-order valence-electron chi connectivity index (χ4n) is 3.88. The van der Waals surface area contributed by atoms with E-state index >= 15 is 0 Å². The number of alkyl halides is 3. The van der Waals surface area contributed by atoms with Crippen molar-refractivity contribution in [2.24, 2.45) is 0 Å². The highest BCUT2D eigenvalue weighted by Crippen LogP contribution is 2.34. The second-order valence-corrected chi connectivity index (χ2v) is 7.41. The number of carbonyl (C=O) groups is 1. The van der Waals surface area contributed by atoms with Gasteiger partial charge in [0.1, 0.15) is 11.5 Å². The first-order chi connectivity index (χ1) is 15.3. The molecule has 1 aromatic heterocycles. The first-order valence-corrected chi connectivity index (χ1v) is 10.0. The third kappa shape index (κ3) is 4.15. The Morgan fingerprint density at radius 3 is 2.38 bits per heavy atom. The molecule has 2 heterocycles. The van der Waals surface area contributed by atoms with E-state index in [0.717, 1.165) is 17.8 Å². The molecular weight excluding hydrogens is 423 g/mol. The van der Waals surface area contributed by atoms with Crippen LogP contribution in [0.5, 0.6) is 11.5 Å². The van der Waals surface area contributed by atoms with Crippen molar-refractivity contribution in [2.75, 3.05) is 45.3 Å². The van der Waals surface area contributed by atoms with Gasteiger partial charge in [-0.2, -0.15) is 13.2 Å². The molecule has 9 heteroatoms. The van der Waals surface area contributed by atoms with Crippen molar-refractivity contribution in [3.05, 3.63) is 59.8 Å². The van der Waals surface area contributed by atoms with Crippen molar-refractivity contribution < 1.29 is 27.4 Å². The fourth-order valence-corrected chi connectivity index (χ4v) is 3.88. The second-order valence-electron chi connectivity index (χ2n) is 7.41. The summed E-state index contributed by atoms with van der Waals surface area (Å²) in [6.45, 7) is 2.03. The number of nitrogens with zero attached hydrogens (tertiary/aromatic N) is 3. The van der Waals surface area contributed by atoms with Crippen LogP contribution in [0.3, 0.4) is 0 Å². The second kappa shape index (κ2) is 8.57. The van der Waals surface area contributed by atoms with Gasteiger partial charge in [-0.15, -0.1) is 0 Å². The number of rotatable bonds is 4. The minimum absolute atomic E-state index is 0.140. The lowest BCUT2D eigenvalue weighted by Crippen LogP contribution is -2.48. The molecule has 1 aliphatic heterocycles. The highest BCUT2D eigenvalue weighted by atomic mass is 19.4. The molecule has 0 unspecified atom stereocenters. The summed E-state index contributed by atoms with van der Waals surface area (Å²) in [5.74, 6) is 0.900. The zero-order chi connectivity index (χ0) is 22.9. The summed E-state index contributed by atoms with van der Waals surface area (Å²) in [5.41, 5.74) is 0.825. The number of carbonyl (C=O) groups excluding carboxylic acids is 1. The molecule has 4 rings (SSSR count). The van der Waals surface area contributed by atoms with E-state index in [0.29, 0.717) is 54.1 Å². The molecule has 32 heavy (non-hydrogen) atoms. The van der Waals surface area contributed by atoms with E-state index in [9.17, 15) is 18.0 Å². The molecule has 0 N–H and O–H groups in total. The van der Waals surface area contributed by atoms with Gasteiger partial charge >= 0.3 is 6.18 Å². The average molecular weight is 445 g/mol. The van der Waals surface area contributed by atoms with Gasteiger partial charge in [-0.25, -0.2) is 0 Å². The standard InChI is InChI=1S/C23H22F3N3O3/c1-31-16-4-6-18(21(14-16)32-2)22(30)29-11-9-28(10-12-29)20-7-8-27-19-13-15(23(24,25)26)3-5-17(19)20/h3-8,13-14H,9-12H2,1-2H3. The third-order valence-electron chi connectivity index (χ3n) is 5.59. The largest absolute Gasteiger partial charge is 0.497 e. The number of anilines is 1. The Hall–Kier alpha value is -3.49.